The summed E-state index contributed by atoms with van der Waals surface area (Å²) in [5.41, 5.74) is 0. The Kier molecular flexibility index (Phi) is 7.20. The monoisotopic (exact) mass is 222 g/mol. The SMILES string of the molecule is C[C@@H]1C/C=C/CCCCCCCCC(=O)C1. The quantitative estimate of drug-likeness (QED) is 0.545. The van der Waals surface area contributed by atoms with Crippen LogP contribution in [0.5, 0.6) is 0 Å². The summed E-state index contributed by atoms with van der Waals surface area (Å²) >= 11 is 0. The number of hydrogen-bond acceptors (Lipinski definition) is 1. The minimum Gasteiger partial charge on any atom is -0.300 e. The average Bonchev–Trinajstić information content (AvgIpc) is 2.25. The number of ketones is 1. The van der Waals surface area contributed by atoms with Gasteiger partial charge in [0.1, 0.15) is 5.78 Å². The molecule has 0 spiro atoms. The fourth-order valence-corrected chi connectivity index (χ4v) is 2.31. The third-order valence-electron chi connectivity index (χ3n) is 3.36. The Hall–Kier alpha value is -0.590. The van der Waals surface area contributed by atoms with Crippen LogP contribution in [0.15, 0.2) is 12.2 Å². The molecule has 0 aliphatic heterocycles. The van der Waals surface area contributed by atoms with Gasteiger partial charge in [-0.05, 0) is 31.6 Å². The number of allylic oxidation sites excluding steroid dienone is 2. The molecule has 0 aromatic heterocycles. The summed E-state index contributed by atoms with van der Waals surface area (Å²) in [7, 11) is 0. The first-order valence-electron chi connectivity index (χ1n) is 6.95. The van der Waals surface area contributed by atoms with Crippen molar-refractivity contribution < 1.29 is 4.79 Å². The van der Waals surface area contributed by atoms with Crippen LogP contribution in [0.3, 0.4) is 0 Å². The maximum Gasteiger partial charge on any atom is 0.133 e. The van der Waals surface area contributed by atoms with Gasteiger partial charge in [-0.15, -0.1) is 0 Å². The van der Waals surface area contributed by atoms with E-state index in [4.69, 9.17) is 0 Å². The van der Waals surface area contributed by atoms with E-state index >= 15 is 0 Å². The summed E-state index contributed by atoms with van der Waals surface area (Å²) < 4.78 is 0. The Morgan fingerprint density at radius 1 is 1.00 bits per heavy atom. The largest absolute Gasteiger partial charge is 0.300 e. The van der Waals surface area contributed by atoms with Crippen LogP contribution in [0.25, 0.3) is 0 Å². The van der Waals surface area contributed by atoms with E-state index < -0.39 is 0 Å². The molecule has 0 amide bonds. The molecule has 0 saturated carbocycles. The van der Waals surface area contributed by atoms with Gasteiger partial charge in [-0.1, -0.05) is 44.8 Å². The zero-order valence-corrected chi connectivity index (χ0v) is 10.7. The number of rotatable bonds is 0. The number of carbonyl (C=O) groups is 1. The fourth-order valence-electron chi connectivity index (χ4n) is 2.31. The first-order valence-corrected chi connectivity index (χ1v) is 6.95. The molecular weight excluding hydrogens is 196 g/mol. The average molecular weight is 222 g/mol. The highest BCUT2D eigenvalue weighted by atomic mass is 16.1. The lowest BCUT2D eigenvalue weighted by Crippen LogP contribution is -2.04. The minimum atomic E-state index is 0.470. The van der Waals surface area contributed by atoms with Crippen molar-refractivity contribution in [2.24, 2.45) is 5.92 Å². The molecule has 1 heteroatoms. The van der Waals surface area contributed by atoms with Crippen molar-refractivity contribution in [1.29, 1.82) is 0 Å². The third kappa shape index (κ3) is 6.81. The fraction of sp³-hybridized carbons (Fsp3) is 0.800. The van der Waals surface area contributed by atoms with Crippen LogP contribution in [-0.4, -0.2) is 5.78 Å². The van der Waals surface area contributed by atoms with Crippen LogP contribution in [-0.2, 0) is 4.79 Å². The first-order chi connectivity index (χ1) is 7.79. The Morgan fingerprint density at radius 2 is 1.69 bits per heavy atom. The topological polar surface area (TPSA) is 17.1 Å². The predicted octanol–water partition coefficient (Wildman–Crippen LogP) is 4.66. The summed E-state index contributed by atoms with van der Waals surface area (Å²) in [5.74, 6) is 1.00. The minimum absolute atomic E-state index is 0.470. The summed E-state index contributed by atoms with van der Waals surface area (Å²) in [6.07, 6.45) is 16.2. The van der Waals surface area contributed by atoms with Crippen LogP contribution in [0.1, 0.15) is 71.1 Å². The summed E-state index contributed by atoms with van der Waals surface area (Å²) in [4.78, 5) is 11.6. The van der Waals surface area contributed by atoms with Gasteiger partial charge in [0, 0.05) is 12.8 Å². The van der Waals surface area contributed by atoms with Gasteiger partial charge >= 0.3 is 0 Å². The van der Waals surface area contributed by atoms with Gasteiger partial charge in [0.15, 0.2) is 0 Å². The van der Waals surface area contributed by atoms with Crippen molar-refractivity contribution in [2.45, 2.75) is 71.1 Å². The zero-order valence-electron chi connectivity index (χ0n) is 10.7. The summed E-state index contributed by atoms with van der Waals surface area (Å²) in [6, 6.07) is 0. The Balaban J connectivity index is 2.33. The summed E-state index contributed by atoms with van der Waals surface area (Å²) in [5, 5.41) is 0. The molecule has 1 nitrogen and oxygen atoms in total. The molecule has 0 unspecified atom stereocenters. The third-order valence-corrected chi connectivity index (χ3v) is 3.36. The molecule has 1 aliphatic carbocycles. The van der Waals surface area contributed by atoms with Gasteiger partial charge in [-0.3, -0.25) is 4.79 Å². The van der Waals surface area contributed by atoms with E-state index in [-0.39, 0.29) is 0 Å². The maximum absolute atomic E-state index is 11.6. The highest BCUT2D eigenvalue weighted by molar-refractivity contribution is 5.78. The highest BCUT2D eigenvalue weighted by Gasteiger charge is 2.07. The second-order valence-corrected chi connectivity index (χ2v) is 5.22. The molecule has 0 saturated heterocycles. The molecular formula is C15H26O. The molecule has 0 fully saturated rings. The Morgan fingerprint density at radius 3 is 2.50 bits per heavy atom. The van der Waals surface area contributed by atoms with Gasteiger partial charge < -0.3 is 0 Å². The van der Waals surface area contributed by atoms with E-state index in [9.17, 15) is 4.79 Å². The van der Waals surface area contributed by atoms with Gasteiger partial charge in [0.05, 0.1) is 0 Å². The predicted molar refractivity (Wildman–Crippen MR) is 69.5 cm³/mol. The second-order valence-electron chi connectivity index (χ2n) is 5.22. The zero-order chi connectivity index (χ0) is 11.6. The maximum atomic E-state index is 11.6. The Labute approximate surface area is 100 Å². The van der Waals surface area contributed by atoms with Crippen molar-refractivity contribution in [2.75, 3.05) is 0 Å². The molecule has 0 aromatic rings. The molecule has 0 aromatic carbocycles. The normalized spacial score (nSPS) is 28.3. The van der Waals surface area contributed by atoms with Crippen molar-refractivity contribution in [3.05, 3.63) is 12.2 Å². The lowest BCUT2D eigenvalue weighted by molar-refractivity contribution is -0.119. The van der Waals surface area contributed by atoms with Gasteiger partial charge in [-0.25, -0.2) is 0 Å². The molecule has 16 heavy (non-hydrogen) atoms. The van der Waals surface area contributed by atoms with Gasteiger partial charge in [0.2, 0.25) is 0 Å². The highest BCUT2D eigenvalue weighted by Crippen LogP contribution is 2.15. The molecule has 0 heterocycles. The van der Waals surface area contributed by atoms with E-state index in [1.807, 2.05) is 0 Å². The van der Waals surface area contributed by atoms with E-state index in [2.05, 4.69) is 19.1 Å². The van der Waals surface area contributed by atoms with Crippen molar-refractivity contribution in [3.63, 3.8) is 0 Å². The Bertz CT molecular complexity index is 217. The van der Waals surface area contributed by atoms with Crippen LogP contribution in [0.4, 0.5) is 0 Å². The van der Waals surface area contributed by atoms with Gasteiger partial charge in [0.25, 0.3) is 0 Å². The van der Waals surface area contributed by atoms with Crippen molar-refractivity contribution >= 4 is 5.78 Å². The van der Waals surface area contributed by atoms with Crippen LogP contribution in [0, 0.1) is 5.92 Å². The van der Waals surface area contributed by atoms with E-state index in [0.29, 0.717) is 11.7 Å². The number of carbonyl (C=O) groups excluding carboxylic acids is 1. The number of Topliss-reactive ketones (excluding diaryl/α,β-unsaturated/α-hetero) is 1. The smallest absolute Gasteiger partial charge is 0.133 e. The van der Waals surface area contributed by atoms with E-state index in [1.54, 1.807) is 0 Å². The molecule has 1 aliphatic rings. The standard InChI is InChI=1S/C15H26O/c1-14-11-9-7-5-3-2-4-6-8-10-12-15(16)13-14/h7,9,14H,2-6,8,10-13H2,1H3/b9-7+/t14-/m1/s1. The van der Waals surface area contributed by atoms with Crippen molar-refractivity contribution in [1.82, 2.24) is 0 Å². The number of hydrogen-bond donors (Lipinski definition) is 0. The second kappa shape index (κ2) is 8.55. The van der Waals surface area contributed by atoms with Crippen molar-refractivity contribution in [3.8, 4) is 0 Å². The lowest BCUT2D eigenvalue weighted by Gasteiger charge is -2.08. The first kappa shape index (κ1) is 13.5. The molecule has 0 bridgehead atoms. The van der Waals surface area contributed by atoms with Gasteiger partial charge in [-0.2, -0.15) is 0 Å². The summed E-state index contributed by atoms with van der Waals surface area (Å²) in [6.45, 7) is 2.19. The molecule has 0 N–H and O–H groups in total. The van der Waals surface area contributed by atoms with Crippen LogP contribution < -0.4 is 0 Å². The van der Waals surface area contributed by atoms with Crippen LogP contribution >= 0.6 is 0 Å². The molecule has 0 radical (unpaired) electrons. The van der Waals surface area contributed by atoms with Crippen LogP contribution in [0.2, 0.25) is 0 Å². The molecule has 1 atom stereocenters. The molecule has 92 valence electrons. The van der Waals surface area contributed by atoms with E-state index in [0.717, 1.165) is 25.7 Å². The van der Waals surface area contributed by atoms with E-state index in [1.165, 1.54) is 38.5 Å². The lowest BCUT2D eigenvalue weighted by atomic mass is 9.97. The molecule has 1 rings (SSSR count).